The first kappa shape index (κ1) is 17.1. The van der Waals surface area contributed by atoms with Gasteiger partial charge < -0.3 is 14.3 Å². The van der Waals surface area contributed by atoms with Crippen molar-refractivity contribution in [1.29, 1.82) is 0 Å². The fourth-order valence-corrected chi connectivity index (χ4v) is 4.35. The van der Waals surface area contributed by atoms with Crippen LogP contribution in [0, 0.1) is 13.8 Å². The molecule has 0 radical (unpaired) electrons. The Morgan fingerprint density at radius 2 is 2.11 bits per heavy atom. The minimum Gasteiger partial charge on any atom is -0.493 e. The van der Waals surface area contributed by atoms with Crippen LogP contribution in [0.3, 0.4) is 0 Å². The zero-order valence-corrected chi connectivity index (χ0v) is 16.9. The van der Waals surface area contributed by atoms with Crippen LogP contribution in [0.15, 0.2) is 58.5 Å². The molecule has 0 fully saturated rings. The van der Waals surface area contributed by atoms with Crippen LogP contribution in [0.1, 0.15) is 11.1 Å². The number of hydrogen-bond donors (Lipinski definition) is 1. The van der Waals surface area contributed by atoms with Gasteiger partial charge in [0.2, 0.25) is 0 Å². The van der Waals surface area contributed by atoms with Crippen molar-refractivity contribution in [3.63, 3.8) is 0 Å². The number of rotatable bonds is 3. The summed E-state index contributed by atoms with van der Waals surface area (Å²) in [7, 11) is 0. The average molecular weight is 437 g/mol. The Balaban J connectivity index is 1.82. The smallest absolute Gasteiger partial charge is 0.272 e. The summed E-state index contributed by atoms with van der Waals surface area (Å²) in [6, 6.07) is 5.95. The van der Waals surface area contributed by atoms with Crippen molar-refractivity contribution in [3.8, 4) is 16.8 Å². The number of aromatic nitrogens is 4. The lowest BCUT2D eigenvalue weighted by Crippen LogP contribution is -2.11. The van der Waals surface area contributed by atoms with Crippen molar-refractivity contribution in [1.82, 2.24) is 19.3 Å². The van der Waals surface area contributed by atoms with Crippen molar-refractivity contribution >= 4 is 32.5 Å². The Morgan fingerprint density at radius 3 is 2.86 bits per heavy atom. The largest absolute Gasteiger partial charge is 0.493 e. The number of aromatic amines is 1. The Bertz CT molecular complexity index is 1330. The summed E-state index contributed by atoms with van der Waals surface area (Å²) in [4.78, 5) is 15.3. The maximum absolute atomic E-state index is 12.6. The molecular formula is C21H17BrN4O2. The predicted molar refractivity (Wildman–Crippen MR) is 113 cm³/mol. The first-order valence-electron chi connectivity index (χ1n) is 8.89. The Morgan fingerprint density at radius 1 is 1.29 bits per heavy atom. The van der Waals surface area contributed by atoms with Gasteiger partial charge in [-0.1, -0.05) is 0 Å². The molecule has 1 aliphatic heterocycles. The molecular weight excluding hydrogens is 420 g/mol. The molecule has 1 aromatic carbocycles. The van der Waals surface area contributed by atoms with Gasteiger partial charge >= 0.3 is 0 Å². The molecule has 0 amide bonds. The third-order valence-corrected chi connectivity index (χ3v) is 5.84. The predicted octanol–water partition coefficient (Wildman–Crippen LogP) is 4.39. The van der Waals surface area contributed by atoms with Crippen LogP contribution >= 0.6 is 15.9 Å². The highest BCUT2D eigenvalue weighted by Gasteiger charge is 2.21. The first-order valence-corrected chi connectivity index (χ1v) is 9.69. The summed E-state index contributed by atoms with van der Waals surface area (Å²) >= 11 is 3.73. The van der Waals surface area contributed by atoms with E-state index in [1.807, 2.05) is 40.0 Å². The van der Waals surface area contributed by atoms with Gasteiger partial charge in [-0.2, -0.15) is 5.10 Å². The summed E-state index contributed by atoms with van der Waals surface area (Å²) in [5, 5.41) is 5.39. The van der Waals surface area contributed by atoms with Gasteiger partial charge in [0.1, 0.15) is 24.1 Å². The molecule has 1 aliphatic rings. The number of pyridine rings is 1. The van der Waals surface area contributed by atoms with E-state index in [2.05, 4.69) is 45.9 Å². The van der Waals surface area contributed by atoms with Crippen molar-refractivity contribution in [3.05, 3.63) is 75.2 Å². The Kier molecular flexibility index (Phi) is 3.80. The molecule has 6 nitrogen and oxygen atoms in total. The number of halogens is 1. The number of fused-ring (bicyclic) bond motifs is 1. The van der Waals surface area contributed by atoms with Gasteiger partial charge in [-0.25, -0.2) is 4.68 Å². The lowest BCUT2D eigenvalue weighted by molar-refractivity contribution is 0.245. The molecule has 0 aliphatic carbocycles. The number of ether oxygens (including phenoxy) is 1. The Hall–Kier alpha value is -3.06. The number of aryl methyl sites for hydroxylation is 1. The fraction of sp³-hybridized carbons (Fsp3) is 0.143. The summed E-state index contributed by atoms with van der Waals surface area (Å²) in [6.45, 7) is 4.74. The lowest BCUT2D eigenvalue weighted by atomic mass is 9.97. The molecule has 0 atom stereocenters. The van der Waals surface area contributed by atoms with E-state index in [0.29, 0.717) is 12.1 Å². The summed E-state index contributed by atoms with van der Waals surface area (Å²) in [5.74, 6) is 0. The molecule has 0 saturated heterocycles. The van der Waals surface area contributed by atoms with Crippen molar-refractivity contribution in [2.75, 3.05) is 6.61 Å². The zero-order valence-electron chi connectivity index (χ0n) is 15.4. The summed E-state index contributed by atoms with van der Waals surface area (Å²) < 4.78 is 9.84. The van der Waals surface area contributed by atoms with E-state index < -0.39 is 0 Å². The monoisotopic (exact) mass is 436 g/mol. The van der Waals surface area contributed by atoms with E-state index in [9.17, 15) is 4.79 Å². The van der Waals surface area contributed by atoms with Crippen LogP contribution in [0.5, 0.6) is 0 Å². The van der Waals surface area contributed by atoms with Gasteiger partial charge in [0, 0.05) is 39.6 Å². The number of H-pyrrole nitrogens is 1. The van der Waals surface area contributed by atoms with Crippen molar-refractivity contribution in [2.45, 2.75) is 13.8 Å². The molecule has 5 rings (SSSR count). The highest BCUT2D eigenvalue weighted by Crippen LogP contribution is 2.39. The SMILES string of the molecule is Cc1cc(Br)c(-n2ccc3cc[nH]c(=O)c32)c(-c2cnn(C3=COC3)c2)c1C. The van der Waals surface area contributed by atoms with Crippen molar-refractivity contribution < 1.29 is 4.74 Å². The molecule has 0 saturated carbocycles. The molecule has 140 valence electrons. The van der Waals surface area contributed by atoms with Crippen molar-refractivity contribution in [2.24, 2.45) is 0 Å². The van der Waals surface area contributed by atoms with Gasteiger partial charge in [0.15, 0.2) is 0 Å². The third-order valence-electron chi connectivity index (χ3n) is 5.24. The highest BCUT2D eigenvalue weighted by atomic mass is 79.9. The second-order valence-corrected chi connectivity index (χ2v) is 7.77. The van der Waals surface area contributed by atoms with E-state index >= 15 is 0 Å². The fourth-order valence-electron chi connectivity index (χ4n) is 3.62. The van der Waals surface area contributed by atoms with Gasteiger partial charge in [0.05, 0.1) is 11.9 Å². The van der Waals surface area contributed by atoms with E-state index in [4.69, 9.17) is 4.74 Å². The van der Waals surface area contributed by atoms with Crippen LogP contribution in [-0.4, -0.2) is 25.9 Å². The molecule has 1 N–H and O–H groups in total. The van der Waals surface area contributed by atoms with Gasteiger partial charge in [-0.3, -0.25) is 4.79 Å². The van der Waals surface area contributed by atoms with E-state index in [0.717, 1.165) is 43.5 Å². The standard InChI is InChI=1S/C21H17BrN4O2/c1-12-7-17(22)20(25-6-4-14-3-5-23-21(27)19(14)25)18(13(12)2)15-8-24-26(9-15)16-10-28-11-16/h3-10H,11H2,1-2H3,(H,23,27). The minimum absolute atomic E-state index is 0.119. The second kappa shape index (κ2) is 6.24. The van der Waals surface area contributed by atoms with E-state index in [-0.39, 0.29) is 5.56 Å². The highest BCUT2D eigenvalue weighted by molar-refractivity contribution is 9.10. The molecule has 0 unspecified atom stereocenters. The van der Waals surface area contributed by atoms with Gasteiger partial charge in [-0.05, 0) is 59.1 Å². The van der Waals surface area contributed by atoms with Gasteiger partial charge in [-0.15, -0.1) is 0 Å². The number of nitrogens with one attached hydrogen (secondary N) is 1. The summed E-state index contributed by atoms with van der Waals surface area (Å²) in [5.41, 5.74) is 6.77. The molecule has 0 bridgehead atoms. The molecule has 4 aromatic rings. The Labute approximate surface area is 169 Å². The molecule has 28 heavy (non-hydrogen) atoms. The quantitative estimate of drug-likeness (QED) is 0.517. The maximum Gasteiger partial charge on any atom is 0.272 e. The normalized spacial score (nSPS) is 13.3. The topological polar surface area (TPSA) is 64.8 Å². The van der Waals surface area contributed by atoms with Crippen LogP contribution in [0.2, 0.25) is 0 Å². The lowest BCUT2D eigenvalue weighted by Gasteiger charge is -2.18. The van der Waals surface area contributed by atoms with Crippen LogP contribution in [0.4, 0.5) is 0 Å². The van der Waals surface area contributed by atoms with E-state index in [1.54, 1.807) is 12.5 Å². The average Bonchev–Trinajstić information content (AvgIpc) is 3.24. The molecule has 0 spiro atoms. The zero-order chi connectivity index (χ0) is 19.4. The number of hydrogen-bond acceptors (Lipinski definition) is 3. The van der Waals surface area contributed by atoms with Gasteiger partial charge in [0.25, 0.3) is 5.56 Å². The third kappa shape index (κ3) is 2.46. The minimum atomic E-state index is -0.119. The molecule has 4 heterocycles. The second-order valence-electron chi connectivity index (χ2n) is 6.91. The van der Waals surface area contributed by atoms with E-state index in [1.165, 1.54) is 0 Å². The molecule has 3 aromatic heterocycles. The van der Waals surface area contributed by atoms with Crippen LogP contribution in [-0.2, 0) is 4.74 Å². The first-order chi connectivity index (χ1) is 13.5. The number of nitrogens with zero attached hydrogens (tertiary/aromatic N) is 3. The van der Waals surface area contributed by atoms with Crippen LogP contribution in [0.25, 0.3) is 33.4 Å². The molecule has 7 heteroatoms. The summed E-state index contributed by atoms with van der Waals surface area (Å²) in [6.07, 6.45) is 9.17. The maximum atomic E-state index is 12.6. The number of benzene rings is 1. The van der Waals surface area contributed by atoms with Crippen LogP contribution < -0.4 is 5.56 Å².